The van der Waals surface area contributed by atoms with Crippen molar-refractivity contribution in [2.24, 2.45) is 0 Å². The first-order chi connectivity index (χ1) is 9.95. The lowest BCUT2D eigenvalue weighted by molar-refractivity contribution is -0.114. The van der Waals surface area contributed by atoms with Gasteiger partial charge in [-0.05, 0) is 52.3 Å². The van der Waals surface area contributed by atoms with Gasteiger partial charge in [-0.1, -0.05) is 6.07 Å². The Morgan fingerprint density at radius 1 is 1.33 bits per heavy atom. The van der Waals surface area contributed by atoms with Crippen LogP contribution in [0, 0.1) is 5.82 Å². The van der Waals surface area contributed by atoms with Gasteiger partial charge in [0.2, 0.25) is 5.91 Å². The van der Waals surface area contributed by atoms with Crippen molar-refractivity contribution in [2.75, 3.05) is 29.5 Å². The summed E-state index contributed by atoms with van der Waals surface area (Å²) < 4.78 is 13.9. The van der Waals surface area contributed by atoms with Crippen LogP contribution in [0.25, 0.3) is 0 Å². The molecule has 4 nitrogen and oxygen atoms in total. The molecule has 0 aliphatic rings. The van der Waals surface area contributed by atoms with Gasteiger partial charge in [0.05, 0.1) is 12.2 Å². The SMILES string of the molecule is CN(CC(=O)Nc1ccc(N)cc1Br)c1cccc(F)c1. The smallest absolute Gasteiger partial charge is 0.243 e. The molecular weight excluding hydrogens is 337 g/mol. The van der Waals surface area contributed by atoms with Crippen molar-refractivity contribution in [1.29, 1.82) is 0 Å². The highest BCUT2D eigenvalue weighted by Gasteiger charge is 2.10. The number of carbonyl (C=O) groups excluding carboxylic acids is 1. The summed E-state index contributed by atoms with van der Waals surface area (Å²) in [4.78, 5) is 13.7. The number of nitrogens with one attached hydrogen (secondary N) is 1. The molecule has 2 aromatic carbocycles. The van der Waals surface area contributed by atoms with E-state index in [1.54, 1.807) is 42.3 Å². The van der Waals surface area contributed by atoms with Gasteiger partial charge in [0.15, 0.2) is 0 Å². The summed E-state index contributed by atoms with van der Waals surface area (Å²) in [5, 5.41) is 2.78. The number of hydrogen-bond acceptors (Lipinski definition) is 3. The standard InChI is InChI=1S/C15H15BrFN3O/c1-20(12-4-2-3-10(17)7-12)9-15(21)19-14-6-5-11(18)8-13(14)16/h2-8H,9,18H2,1H3,(H,19,21). The molecule has 1 amide bonds. The van der Waals surface area contributed by atoms with Gasteiger partial charge in [-0.2, -0.15) is 0 Å². The van der Waals surface area contributed by atoms with Gasteiger partial charge >= 0.3 is 0 Å². The van der Waals surface area contributed by atoms with Gasteiger partial charge in [-0.15, -0.1) is 0 Å². The van der Waals surface area contributed by atoms with Crippen LogP contribution in [0.1, 0.15) is 0 Å². The summed E-state index contributed by atoms with van der Waals surface area (Å²) in [7, 11) is 1.73. The highest BCUT2D eigenvalue weighted by atomic mass is 79.9. The number of anilines is 3. The van der Waals surface area contributed by atoms with Crippen LogP contribution < -0.4 is 16.0 Å². The van der Waals surface area contributed by atoms with Crippen molar-refractivity contribution in [2.45, 2.75) is 0 Å². The molecule has 2 aromatic rings. The summed E-state index contributed by atoms with van der Waals surface area (Å²) in [5.41, 5.74) is 7.53. The topological polar surface area (TPSA) is 58.4 Å². The Bertz CT molecular complexity index is 663. The Labute approximate surface area is 130 Å². The van der Waals surface area contributed by atoms with Crippen LogP contribution >= 0.6 is 15.9 Å². The minimum absolute atomic E-state index is 0.111. The molecule has 0 saturated heterocycles. The first kappa shape index (κ1) is 15.3. The van der Waals surface area contributed by atoms with Crippen LogP contribution in [0.3, 0.4) is 0 Å². The minimum Gasteiger partial charge on any atom is -0.399 e. The second-order valence-corrected chi connectivity index (χ2v) is 5.48. The van der Waals surface area contributed by atoms with Crippen LogP contribution in [-0.4, -0.2) is 19.5 Å². The Balaban J connectivity index is 2.01. The quantitative estimate of drug-likeness (QED) is 0.831. The molecule has 3 N–H and O–H groups in total. The Kier molecular flexibility index (Phi) is 4.80. The molecule has 0 fully saturated rings. The first-order valence-electron chi connectivity index (χ1n) is 6.27. The third-order valence-corrected chi connectivity index (χ3v) is 3.55. The molecule has 0 aliphatic heterocycles. The van der Waals surface area contributed by atoms with Crippen LogP contribution in [-0.2, 0) is 4.79 Å². The molecule has 0 bridgehead atoms. The second kappa shape index (κ2) is 6.58. The van der Waals surface area contributed by atoms with Crippen molar-refractivity contribution in [3.05, 3.63) is 52.8 Å². The molecule has 0 unspecified atom stereocenters. The number of nitrogens with two attached hydrogens (primary N) is 1. The van der Waals surface area contributed by atoms with E-state index in [1.165, 1.54) is 12.1 Å². The molecule has 0 radical (unpaired) electrons. The monoisotopic (exact) mass is 351 g/mol. The molecule has 0 heterocycles. The molecule has 0 atom stereocenters. The highest BCUT2D eigenvalue weighted by Crippen LogP contribution is 2.24. The summed E-state index contributed by atoms with van der Waals surface area (Å²) in [6.07, 6.45) is 0. The van der Waals surface area contributed by atoms with Crippen molar-refractivity contribution in [3.8, 4) is 0 Å². The molecule has 0 saturated carbocycles. The van der Waals surface area contributed by atoms with E-state index in [4.69, 9.17) is 5.73 Å². The number of hydrogen-bond donors (Lipinski definition) is 2. The van der Waals surface area contributed by atoms with E-state index in [0.717, 1.165) is 0 Å². The molecule has 21 heavy (non-hydrogen) atoms. The number of amides is 1. The third-order valence-electron chi connectivity index (χ3n) is 2.90. The lowest BCUT2D eigenvalue weighted by Gasteiger charge is -2.19. The van der Waals surface area contributed by atoms with Gasteiger partial charge in [0.25, 0.3) is 0 Å². The van der Waals surface area contributed by atoms with Gasteiger partial charge < -0.3 is 16.0 Å². The lowest BCUT2D eigenvalue weighted by Crippen LogP contribution is -2.30. The number of halogens is 2. The van der Waals surface area contributed by atoms with Crippen LogP contribution in [0.5, 0.6) is 0 Å². The maximum atomic E-state index is 13.2. The predicted molar refractivity (Wildman–Crippen MR) is 86.9 cm³/mol. The van der Waals surface area contributed by atoms with Gasteiger partial charge in [0.1, 0.15) is 5.82 Å². The fraction of sp³-hybridized carbons (Fsp3) is 0.133. The number of nitrogens with zero attached hydrogens (tertiary/aromatic N) is 1. The van der Waals surface area contributed by atoms with Crippen molar-refractivity contribution in [1.82, 2.24) is 0 Å². The zero-order valence-electron chi connectivity index (χ0n) is 11.4. The fourth-order valence-electron chi connectivity index (χ4n) is 1.84. The fourth-order valence-corrected chi connectivity index (χ4v) is 2.34. The minimum atomic E-state index is -0.332. The zero-order chi connectivity index (χ0) is 15.4. The molecule has 0 aromatic heterocycles. The first-order valence-corrected chi connectivity index (χ1v) is 7.06. The molecule has 6 heteroatoms. The highest BCUT2D eigenvalue weighted by molar-refractivity contribution is 9.10. The summed E-state index contributed by atoms with van der Waals surface area (Å²) in [5.74, 6) is -0.534. The van der Waals surface area contributed by atoms with E-state index in [0.29, 0.717) is 21.5 Å². The molecule has 0 aliphatic carbocycles. The second-order valence-electron chi connectivity index (χ2n) is 4.62. The third kappa shape index (κ3) is 4.19. The Hall–Kier alpha value is -2.08. The van der Waals surface area contributed by atoms with E-state index in [-0.39, 0.29) is 18.3 Å². The Morgan fingerprint density at radius 2 is 2.10 bits per heavy atom. The van der Waals surface area contributed by atoms with E-state index < -0.39 is 0 Å². The van der Waals surface area contributed by atoms with Crippen molar-refractivity contribution >= 4 is 38.9 Å². The molecule has 2 rings (SSSR count). The number of likely N-dealkylation sites (N-methyl/N-ethyl adjacent to an activating group) is 1. The van der Waals surface area contributed by atoms with E-state index in [9.17, 15) is 9.18 Å². The normalized spacial score (nSPS) is 10.2. The predicted octanol–water partition coefficient (Wildman–Crippen LogP) is 3.25. The molecule has 110 valence electrons. The molecule has 0 spiro atoms. The van der Waals surface area contributed by atoms with Gasteiger partial charge in [-0.25, -0.2) is 4.39 Å². The summed E-state index contributed by atoms with van der Waals surface area (Å²) in [6.45, 7) is 0.111. The lowest BCUT2D eigenvalue weighted by atomic mass is 10.2. The van der Waals surface area contributed by atoms with Gasteiger partial charge in [0, 0.05) is 22.9 Å². The average Bonchev–Trinajstić information content (AvgIpc) is 2.42. The molecular formula is C15H15BrFN3O. The van der Waals surface area contributed by atoms with E-state index in [2.05, 4.69) is 21.2 Å². The van der Waals surface area contributed by atoms with Crippen molar-refractivity contribution in [3.63, 3.8) is 0 Å². The number of benzene rings is 2. The van der Waals surface area contributed by atoms with Gasteiger partial charge in [-0.3, -0.25) is 4.79 Å². The average molecular weight is 352 g/mol. The maximum Gasteiger partial charge on any atom is 0.243 e. The van der Waals surface area contributed by atoms with Crippen molar-refractivity contribution < 1.29 is 9.18 Å². The maximum absolute atomic E-state index is 13.2. The van der Waals surface area contributed by atoms with E-state index >= 15 is 0 Å². The largest absolute Gasteiger partial charge is 0.399 e. The Morgan fingerprint density at radius 3 is 2.76 bits per heavy atom. The summed E-state index contributed by atoms with van der Waals surface area (Å²) >= 11 is 3.34. The summed E-state index contributed by atoms with van der Waals surface area (Å²) in [6, 6.07) is 11.2. The van der Waals surface area contributed by atoms with Crippen LogP contribution in [0.15, 0.2) is 46.9 Å². The number of rotatable bonds is 4. The zero-order valence-corrected chi connectivity index (χ0v) is 13.0. The number of carbonyl (C=O) groups is 1. The van der Waals surface area contributed by atoms with Crippen LogP contribution in [0.4, 0.5) is 21.5 Å². The van der Waals surface area contributed by atoms with Crippen LogP contribution in [0.2, 0.25) is 0 Å². The number of nitrogen functional groups attached to an aromatic ring is 1. The van der Waals surface area contributed by atoms with E-state index in [1.807, 2.05) is 0 Å².